The van der Waals surface area contributed by atoms with Crippen LogP contribution < -0.4 is 14.8 Å². The summed E-state index contributed by atoms with van der Waals surface area (Å²) in [5.41, 5.74) is 4.27. The van der Waals surface area contributed by atoms with Crippen LogP contribution in [-0.2, 0) is 0 Å². The molecule has 0 radical (unpaired) electrons. The molecule has 7 heteroatoms. The van der Waals surface area contributed by atoms with E-state index in [1.807, 2.05) is 41.9 Å². The lowest BCUT2D eigenvalue weighted by Crippen LogP contribution is -2.32. The van der Waals surface area contributed by atoms with Gasteiger partial charge in [0.05, 0.1) is 12.3 Å². The van der Waals surface area contributed by atoms with Gasteiger partial charge in [-0.2, -0.15) is 10.1 Å². The van der Waals surface area contributed by atoms with Crippen molar-refractivity contribution in [2.24, 2.45) is 0 Å². The van der Waals surface area contributed by atoms with E-state index in [0.717, 1.165) is 39.8 Å². The summed E-state index contributed by atoms with van der Waals surface area (Å²) in [4.78, 5) is 5.66. The summed E-state index contributed by atoms with van der Waals surface area (Å²) in [6, 6.07) is 20.4. The van der Waals surface area contributed by atoms with Gasteiger partial charge in [0, 0.05) is 16.0 Å². The van der Waals surface area contributed by atoms with Crippen molar-refractivity contribution in [1.82, 2.24) is 14.8 Å². The lowest BCUT2D eigenvalue weighted by molar-refractivity contribution is 0.223. The van der Waals surface area contributed by atoms with E-state index in [1.165, 1.54) is 4.88 Å². The zero-order valence-electron chi connectivity index (χ0n) is 16.9. The summed E-state index contributed by atoms with van der Waals surface area (Å²) < 4.78 is 14.2. The molecule has 2 aromatic heterocycles. The number of hydrogen-bond donors (Lipinski definition) is 1. The molecule has 0 saturated heterocycles. The predicted molar refractivity (Wildman–Crippen MR) is 120 cm³/mol. The molecule has 0 spiro atoms. The Bertz CT molecular complexity index is 1260. The number of benzene rings is 2. The molecule has 31 heavy (non-hydrogen) atoms. The SMILES string of the molecule is CCOc1ccc([C@H]2Oc3ccccc3C3=C2[C@@H](c2cccs2)n2ncnc2N3)cc1. The van der Waals surface area contributed by atoms with Gasteiger partial charge in [-0.1, -0.05) is 30.3 Å². The molecule has 6 nitrogen and oxygen atoms in total. The van der Waals surface area contributed by atoms with Gasteiger partial charge in [-0.25, -0.2) is 4.68 Å². The Morgan fingerprint density at radius 3 is 2.77 bits per heavy atom. The fourth-order valence-corrected chi connectivity index (χ4v) is 5.15. The standard InChI is InChI=1S/C24H20N4O2S/c1-2-29-16-11-9-15(10-12-16)23-20-21(17-6-3-4-7-18(17)30-23)27-24-25-14-26-28(24)22(20)19-8-5-13-31-19/h3-14,22-23H,2H2,1H3,(H,25,26,27)/t22-,23-/m1/s1. The van der Waals surface area contributed by atoms with E-state index >= 15 is 0 Å². The van der Waals surface area contributed by atoms with Crippen LogP contribution in [0.4, 0.5) is 5.95 Å². The van der Waals surface area contributed by atoms with Crippen molar-refractivity contribution >= 4 is 23.0 Å². The molecule has 0 aliphatic carbocycles. The third kappa shape index (κ3) is 2.92. The molecule has 2 aliphatic rings. The summed E-state index contributed by atoms with van der Waals surface area (Å²) in [5.74, 6) is 2.44. The number of aromatic nitrogens is 3. The summed E-state index contributed by atoms with van der Waals surface area (Å²) in [5, 5.41) is 10.2. The number of nitrogens with one attached hydrogen (secondary N) is 1. The van der Waals surface area contributed by atoms with Gasteiger partial charge in [0.1, 0.15) is 30.0 Å². The fourth-order valence-electron chi connectivity index (χ4n) is 4.32. The van der Waals surface area contributed by atoms with Crippen LogP contribution in [0.3, 0.4) is 0 Å². The molecular formula is C24H20N4O2S. The van der Waals surface area contributed by atoms with E-state index < -0.39 is 0 Å². The number of hydrogen-bond acceptors (Lipinski definition) is 6. The number of para-hydroxylation sites is 1. The van der Waals surface area contributed by atoms with E-state index in [2.05, 4.69) is 51.1 Å². The van der Waals surface area contributed by atoms with E-state index in [-0.39, 0.29) is 12.1 Å². The molecule has 6 rings (SSSR count). The number of anilines is 1. The van der Waals surface area contributed by atoms with Gasteiger partial charge in [0.2, 0.25) is 5.95 Å². The van der Waals surface area contributed by atoms with Gasteiger partial charge in [-0.05, 0) is 48.2 Å². The van der Waals surface area contributed by atoms with Crippen molar-refractivity contribution in [3.63, 3.8) is 0 Å². The first-order chi connectivity index (χ1) is 15.3. The molecular weight excluding hydrogens is 408 g/mol. The zero-order chi connectivity index (χ0) is 20.8. The smallest absolute Gasteiger partial charge is 0.226 e. The van der Waals surface area contributed by atoms with Crippen molar-refractivity contribution in [2.75, 3.05) is 11.9 Å². The van der Waals surface area contributed by atoms with Crippen LogP contribution in [0.5, 0.6) is 11.5 Å². The van der Waals surface area contributed by atoms with Gasteiger partial charge >= 0.3 is 0 Å². The van der Waals surface area contributed by atoms with Crippen molar-refractivity contribution in [3.05, 3.63) is 93.9 Å². The van der Waals surface area contributed by atoms with Crippen LogP contribution in [0.1, 0.15) is 35.1 Å². The van der Waals surface area contributed by atoms with Crippen LogP contribution in [-0.4, -0.2) is 21.4 Å². The highest BCUT2D eigenvalue weighted by atomic mass is 32.1. The van der Waals surface area contributed by atoms with Gasteiger partial charge in [-0.15, -0.1) is 11.3 Å². The minimum Gasteiger partial charge on any atom is -0.494 e. The first-order valence-electron chi connectivity index (χ1n) is 10.3. The molecule has 2 aliphatic heterocycles. The Kier molecular flexibility index (Phi) is 4.28. The third-order valence-electron chi connectivity index (χ3n) is 5.63. The van der Waals surface area contributed by atoms with Gasteiger partial charge in [0.25, 0.3) is 0 Å². The highest BCUT2D eigenvalue weighted by molar-refractivity contribution is 7.10. The Morgan fingerprint density at radius 2 is 1.97 bits per heavy atom. The van der Waals surface area contributed by atoms with Crippen molar-refractivity contribution in [1.29, 1.82) is 0 Å². The zero-order valence-corrected chi connectivity index (χ0v) is 17.7. The van der Waals surface area contributed by atoms with Crippen LogP contribution in [0.25, 0.3) is 5.70 Å². The van der Waals surface area contributed by atoms with Crippen molar-refractivity contribution in [2.45, 2.75) is 19.1 Å². The predicted octanol–water partition coefficient (Wildman–Crippen LogP) is 5.30. The van der Waals surface area contributed by atoms with Gasteiger partial charge in [0.15, 0.2) is 0 Å². The number of ether oxygens (including phenoxy) is 2. The van der Waals surface area contributed by atoms with E-state index in [1.54, 1.807) is 17.7 Å². The topological polar surface area (TPSA) is 61.2 Å². The quantitative estimate of drug-likeness (QED) is 0.478. The van der Waals surface area contributed by atoms with Crippen LogP contribution >= 0.6 is 11.3 Å². The second-order valence-electron chi connectivity index (χ2n) is 7.40. The number of fused-ring (bicyclic) bond motifs is 3. The highest BCUT2D eigenvalue weighted by Crippen LogP contribution is 2.51. The molecule has 1 N–H and O–H groups in total. The van der Waals surface area contributed by atoms with Crippen molar-refractivity contribution in [3.8, 4) is 11.5 Å². The fraction of sp³-hybridized carbons (Fsp3) is 0.167. The number of rotatable bonds is 4. The number of nitrogens with zero attached hydrogens (tertiary/aromatic N) is 3. The maximum atomic E-state index is 6.61. The lowest BCUT2D eigenvalue weighted by atomic mass is 9.87. The summed E-state index contributed by atoms with van der Waals surface area (Å²) in [7, 11) is 0. The first kappa shape index (κ1) is 18.2. The van der Waals surface area contributed by atoms with E-state index in [9.17, 15) is 0 Å². The lowest BCUT2D eigenvalue weighted by Gasteiger charge is -2.38. The Morgan fingerprint density at radius 1 is 1.10 bits per heavy atom. The molecule has 0 amide bonds. The summed E-state index contributed by atoms with van der Waals surface area (Å²) in [6.07, 6.45) is 1.33. The maximum absolute atomic E-state index is 6.61. The average molecular weight is 429 g/mol. The first-order valence-corrected chi connectivity index (χ1v) is 11.1. The van der Waals surface area contributed by atoms with Crippen LogP contribution in [0, 0.1) is 0 Å². The molecule has 4 heterocycles. The molecule has 0 unspecified atom stereocenters. The summed E-state index contributed by atoms with van der Waals surface area (Å²) >= 11 is 1.71. The highest BCUT2D eigenvalue weighted by Gasteiger charge is 2.41. The average Bonchev–Trinajstić information content (AvgIpc) is 3.50. The van der Waals surface area contributed by atoms with Gasteiger partial charge < -0.3 is 14.8 Å². The van der Waals surface area contributed by atoms with Gasteiger partial charge in [-0.3, -0.25) is 0 Å². The molecule has 4 aromatic rings. The molecule has 154 valence electrons. The van der Waals surface area contributed by atoms with E-state index in [0.29, 0.717) is 6.61 Å². The monoisotopic (exact) mass is 428 g/mol. The third-order valence-corrected chi connectivity index (χ3v) is 6.55. The molecule has 0 saturated carbocycles. The van der Waals surface area contributed by atoms with Crippen LogP contribution in [0.2, 0.25) is 0 Å². The molecule has 0 bridgehead atoms. The minimum atomic E-state index is -0.266. The molecule has 2 atom stereocenters. The second-order valence-corrected chi connectivity index (χ2v) is 8.38. The molecule has 2 aromatic carbocycles. The molecule has 0 fully saturated rings. The maximum Gasteiger partial charge on any atom is 0.226 e. The minimum absolute atomic E-state index is 0.0984. The summed E-state index contributed by atoms with van der Waals surface area (Å²) in [6.45, 7) is 2.63. The normalized spacial score (nSPS) is 19.0. The Labute approximate surface area is 183 Å². The largest absolute Gasteiger partial charge is 0.494 e. The van der Waals surface area contributed by atoms with Crippen LogP contribution in [0.15, 0.2) is 77.9 Å². The Hall–Kier alpha value is -3.58. The number of thiophene rings is 1. The Balaban J connectivity index is 1.56. The second kappa shape index (κ2) is 7.28. The van der Waals surface area contributed by atoms with Crippen molar-refractivity contribution < 1.29 is 9.47 Å². The van der Waals surface area contributed by atoms with E-state index in [4.69, 9.17) is 9.47 Å².